The van der Waals surface area contributed by atoms with E-state index >= 15 is 0 Å². The average molecular weight is 341 g/mol. The second-order valence-corrected chi connectivity index (χ2v) is 4.97. The number of nitrogens with two attached hydrogens (primary N) is 1. The predicted molar refractivity (Wildman–Crippen MR) is 80.1 cm³/mol. The van der Waals surface area contributed by atoms with Crippen LogP contribution in [0.1, 0.15) is 24.5 Å². The molecule has 0 saturated carbocycles. The van der Waals surface area contributed by atoms with Crippen molar-refractivity contribution in [3.63, 3.8) is 0 Å². The molecular weight excluding hydrogens is 321 g/mol. The smallest absolute Gasteiger partial charge is 0.422 e. The van der Waals surface area contributed by atoms with Gasteiger partial charge in [0.05, 0.1) is 0 Å². The predicted octanol–water partition coefficient (Wildman–Crippen LogP) is 2.71. The highest BCUT2D eigenvalue weighted by Crippen LogP contribution is 2.23. The highest BCUT2D eigenvalue weighted by Gasteiger charge is 2.28. The monoisotopic (exact) mass is 340 g/mol. The maximum Gasteiger partial charge on any atom is 0.422 e. The number of benzene rings is 1. The van der Waals surface area contributed by atoms with E-state index in [0.717, 1.165) is 5.56 Å². The van der Waals surface area contributed by atoms with E-state index in [1.54, 1.807) is 26.0 Å². The number of carbonyl (C=O) groups is 1. The van der Waals surface area contributed by atoms with Crippen molar-refractivity contribution in [3.8, 4) is 5.75 Å². The van der Waals surface area contributed by atoms with Gasteiger partial charge in [0.25, 0.3) is 0 Å². The summed E-state index contributed by atoms with van der Waals surface area (Å²) in [6.45, 7) is 2.18. The van der Waals surface area contributed by atoms with Gasteiger partial charge in [-0.15, -0.1) is 12.4 Å². The van der Waals surface area contributed by atoms with Crippen LogP contribution in [0.25, 0.3) is 0 Å². The van der Waals surface area contributed by atoms with E-state index in [9.17, 15) is 18.0 Å². The highest BCUT2D eigenvalue weighted by molar-refractivity contribution is 5.85. The van der Waals surface area contributed by atoms with Gasteiger partial charge in [-0.3, -0.25) is 4.79 Å². The van der Waals surface area contributed by atoms with Crippen LogP contribution in [0.4, 0.5) is 13.2 Å². The van der Waals surface area contributed by atoms with Gasteiger partial charge in [0, 0.05) is 24.6 Å². The minimum atomic E-state index is -4.40. The first-order chi connectivity index (χ1) is 9.67. The fraction of sp³-hybridized carbons (Fsp3) is 0.500. The Morgan fingerprint density at radius 3 is 2.59 bits per heavy atom. The molecule has 0 spiro atoms. The van der Waals surface area contributed by atoms with E-state index in [2.05, 4.69) is 5.32 Å². The number of nitrogens with one attached hydrogen (secondary N) is 1. The Kier molecular flexibility index (Phi) is 8.26. The molecule has 0 fully saturated rings. The first-order valence-electron chi connectivity index (χ1n) is 6.49. The lowest BCUT2D eigenvalue weighted by atomic mass is 10.1. The molecule has 0 aliphatic rings. The van der Waals surface area contributed by atoms with Crippen molar-refractivity contribution < 1.29 is 22.7 Å². The lowest BCUT2D eigenvalue weighted by molar-refractivity contribution is -0.153. The molecule has 0 bridgehead atoms. The van der Waals surface area contributed by atoms with E-state index in [0.29, 0.717) is 5.56 Å². The number of hydrogen-bond donors (Lipinski definition) is 2. The number of hydrogen-bond acceptors (Lipinski definition) is 3. The molecule has 22 heavy (non-hydrogen) atoms. The van der Waals surface area contributed by atoms with Crippen molar-refractivity contribution in [1.82, 2.24) is 5.32 Å². The Hall–Kier alpha value is -1.47. The molecule has 3 N–H and O–H groups in total. The summed E-state index contributed by atoms with van der Waals surface area (Å²) in [5.41, 5.74) is 6.76. The maximum atomic E-state index is 12.2. The Morgan fingerprint density at radius 1 is 1.41 bits per heavy atom. The van der Waals surface area contributed by atoms with E-state index in [1.807, 2.05) is 0 Å². The number of rotatable bonds is 6. The molecule has 1 amide bonds. The topological polar surface area (TPSA) is 64.4 Å². The van der Waals surface area contributed by atoms with Gasteiger partial charge in [0.1, 0.15) is 5.75 Å². The van der Waals surface area contributed by atoms with Crippen molar-refractivity contribution in [2.45, 2.75) is 39.0 Å². The van der Waals surface area contributed by atoms with Gasteiger partial charge in [-0.05, 0) is 25.5 Å². The van der Waals surface area contributed by atoms with Gasteiger partial charge < -0.3 is 15.8 Å². The van der Waals surface area contributed by atoms with Crippen LogP contribution in [0.5, 0.6) is 5.75 Å². The number of alkyl halides is 3. The van der Waals surface area contributed by atoms with Crippen molar-refractivity contribution in [1.29, 1.82) is 0 Å². The van der Waals surface area contributed by atoms with Crippen LogP contribution in [0, 0.1) is 6.92 Å². The molecule has 1 atom stereocenters. The fourth-order valence-electron chi connectivity index (χ4n) is 1.66. The molecule has 126 valence electrons. The minimum Gasteiger partial charge on any atom is -0.484 e. The largest absolute Gasteiger partial charge is 0.484 e. The van der Waals surface area contributed by atoms with Crippen molar-refractivity contribution in [2.75, 3.05) is 6.61 Å². The highest BCUT2D eigenvalue weighted by atomic mass is 35.5. The van der Waals surface area contributed by atoms with Crippen LogP contribution in [-0.2, 0) is 11.3 Å². The van der Waals surface area contributed by atoms with Gasteiger partial charge in [-0.25, -0.2) is 0 Å². The van der Waals surface area contributed by atoms with Crippen LogP contribution in [0.15, 0.2) is 18.2 Å². The number of halogens is 4. The third kappa shape index (κ3) is 8.09. The Bertz CT molecular complexity index is 493. The molecule has 0 aromatic heterocycles. The van der Waals surface area contributed by atoms with E-state index in [-0.39, 0.29) is 43.1 Å². The number of carbonyl (C=O) groups excluding carboxylic acids is 1. The van der Waals surface area contributed by atoms with E-state index in [4.69, 9.17) is 10.5 Å². The minimum absolute atomic E-state index is 0. The summed E-state index contributed by atoms with van der Waals surface area (Å²) in [6.07, 6.45) is -4.25. The Balaban J connectivity index is 0.00000441. The van der Waals surface area contributed by atoms with Gasteiger partial charge in [-0.2, -0.15) is 13.2 Å². The molecule has 4 nitrogen and oxygen atoms in total. The van der Waals surface area contributed by atoms with Crippen LogP contribution >= 0.6 is 12.4 Å². The van der Waals surface area contributed by atoms with Gasteiger partial charge in [0.15, 0.2) is 6.61 Å². The molecule has 0 aliphatic carbocycles. The summed E-state index contributed by atoms with van der Waals surface area (Å²) in [6, 6.07) is 4.61. The first kappa shape index (κ1) is 20.5. The van der Waals surface area contributed by atoms with Crippen LogP contribution in [-0.4, -0.2) is 24.7 Å². The quantitative estimate of drug-likeness (QED) is 0.837. The SMILES string of the molecule is Cc1ccc(CNC(=O)CC(C)N)c(OCC(F)(F)F)c1.Cl. The summed E-state index contributed by atoms with van der Waals surface area (Å²) in [4.78, 5) is 11.5. The van der Waals surface area contributed by atoms with Gasteiger partial charge in [-0.1, -0.05) is 12.1 Å². The molecule has 0 aliphatic heterocycles. The van der Waals surface area contributed by atoms with Gasteiger partial charge in [0.2, 0.25) is 5.91 Å². The lowest BCUT2D eigenvalue weighted by Crippen LogP contribution is -2.29. The molecule has 0 heterocycles. The number of aryl methyl sites for hydroxylation is 1. The van der Waals surface area contributed by atoms with Crippen molar-refractivity contribution in [2.24, 2.45) is 5.73 Å². The normalized spacial score (nSPS) is 12.3. The number of ether oxygens (including phenoxy) is 1. The molecule has 0 saturated heterocycles. The third-order valence-electron chi connectivity index (χ3n) is 2.60. The molecule has 1 unspecified atom stereocenters. The molecule has 8 heteroatoms. The fourth-order valence-corrected chi connectivity index (χ4v) is 1.66. The molecular formula is C14H20ClF3N2O2. The Labute approximate surface area is 133 Å². The summed E-state index contributed by atoms with van der Waals surface area (Å²) in [7, 11) is 0. The second-order valence-electron chi connectivity index (χ2n) is 4.97. The van der Waals surface area contributed by atoms with E-state index in [1.165, 1.54) is 6.07 Å². The van der Waals surface area contributed by atoms with Crippen LogP contribution in [0.2, 0.25) is 0 Å². The summed E-state index contributed by atoms with van der Waals surface area (Å²) >= 11 is 0. The molecule has 0 radical (unpaired) electrons. The Morgan fingerprint density at radius 2 is 2.05 bits per heavy atom. The third-order valence-corrected chi connectivity index (χ3v) is 2.60. The van der Waals surface area contributed by atoms with Gasteiger partial charge >= 0.3 is 6.18 Å². The molecule has 1 aromatic carbocycles. The number of amides is 1. The van der Waals surface area contributed by atoms with Crippen molar-refractivity contribution in [3.05, 3.63) is 29.3 Å². The average Bonchev–Trinajstić information content (AvgIpc) is 2.33. The van der Waals surface area contributed by atoms with Crippen molar-refractivity contribution >= 4 is 18.3 Å². The molecule has 1 aromatic rings. The summed E-state index contributed by atoms with van der Waals surface area (Å²) in [5.74, 6) is -0.138. The summed E-state index contributed by atoms with van der Waals surface area (Å²) in [5, 5.41) is 2.61. The lowest BCUT2D eigenvalue weighted by Gasteiger charge is -2.15. The zero-order valence-electron chi connectivity index (χ0n) is 12.4. The first-order valence-corrected chi connectivity index (χ1v) is 6.49. The van der Waals surface area contributed by atoms with E-state index < -0.39 is 12.8 Å². The maximum absolute atomic E-state index is 12.2. The van der Waals surface area contributed by atoms with Crippen LogP contribution in [0.3, 0.4) is 0 Å². The summed E-state index contributed by atoms with van der Waals surface area (Å²) < 4.78 is 41.5. The standard InChI is InChI=1S/C14H19F3N2O2.ClH/c1-9-3-4-11(7-19-13(20)6-10(2)18)12(5-9)21-8-14(15,16)17;/h3-5,10H,6-8,18H2,1-2H3,(H,19,20);1H. The molecule has 1 rings (SSSR count). The second kappa shape index (κ2) is 8.85. The zero-order chi connectivity index (χ0) is 16.0. The zero-order valence-corrected chi connectivity index (χ0v) is 13.2. The van der Waals surface area contributed by atoms with Crippen LogP contribution < -0.4 is 15.8 Å².